The number of anilines is 1. The number of thioether (sulfide) groups is 1. The monoisotopic (exact) mass is 281 g/mol. The highest BCUT2D eigenvalue weighted by Gasteiger charge is 2.50. The minimum atomic E-state index is 0.0411. The van der Waals surface area contributed by atoms with E-state index >= 15 is 0 Å². The number of nitrogens with zero attached hydrogens (tertiary/aromatic N) is 2. The number of benzene rings is 1. The van der Waals surface area contributed by atoms with E-state index in [0.29, 0.717) is 11.9 Å². The summed E-state index contributed by atoms with van der Waals surface area (Å²) in [6.45, 7) is 3.07. The first kappa shape index (κ1) is 12.2. The van der Waals surface area contributed by atoms with Crippen molar-refractivity contribution in [2.75, 3.05) is 23.0 Å². The van der Waals surface area contributed by atoms with Crippen LogP contribution in [0.1, 0.15) is 6.92 Å². The van der Waals surface area contributed by atoms with Gasteiger partial charge in [-0.2, -0.15) is 11.8 Å². The fourth-order valence-electron chi connectivity index (χ4n) is 2.79. The van der Waals surface area contributed by atoms with Gasteiger partial charge in [0.25, 0.3) is 0 Å². The summed E-state index contributed by atoms with van der Waals surface area (Å²) in [6, 6.07) is 7.86. The van der Waals surface area contributed by atoms with E-state index in [-0.39, 0.29) is 5.54 Å². The predicted octanol–water partition coefficient (Wildman–Crippen LogP) is 2.60. The average Bonchev–Trinajstić information content (AvgIpc) is 2.85. The standard InChI is InChI=1S/C13H16ClN3S/c1-9-6-18-8-13(9)7-16-12(15)17(13)11-4-2-3-10(14)5-11/h2-5,9H,6-8H2,1H3,(H2,15,16). The summed E-state index contributed by atoms with van der Waals surface area (Å²) in [6.07, 6.45) is 0. The van der Waals surface area contributed by atoms with Crippen LogP contribution in [0.3, 0.4) is 0 Å². The van der Waals surface area contributed by atoms with E-state index in [4.69, 9.17) is 17.3 Å². The third-order valence-corrected chi connectivity index (χ3v) is 5.57. The summed E-state index contributed by atoms with van der Waals surface area (Å²) in [5.74, 6) is 3.43. The molecule has 2 unspecified atom stereocenters. The first-order valence-electron chi connectivity index (χ1n) is 6.07. The van der Waals surface area contributed by atoms with Gasteiger partial charge in [-0.05, 0) is 29.9 Å². The molecule has 1 spiro atoms. The Morgan fingerprint density at radius 2 is 2.39 bits per heavy atom. The van der Waals surface area contributed by atoms with Gasteiger partial charge in [0.1, 0.15) is 0 Å². The molecule has 2 atom stereocenters. The molecule has 5 heteroatoms. The number of hydrogen-bond donors (Lipinski definition) is 1. The molecule has 2 aliphatic rings. The van der Waals surface area contributed by atoms with Crippen LogP contribution in [0.4, 0.5) is 5.69 Å². The van der Waals surface area contributed by atoms with E-state index in [0.717, 1.165) is 23.0 Å². The van der Waals surface area contributed by atoms with E-state index in [2.05, 4.69) is 22.9 Å². The molecule has 0 aliphatic carbocycles. The zero-order valence-electron chi connectivity index (χ0n) is 10.3. The number of rotatable bonds is 1. The summed E-state index contributed by atoms with van der Waals surface area (Å²) >= 11 is 8.07. The highest BCUT2D eigenvalue weighted by Crippen LogP contribution is 2.43. The Hall–Kier alpha value is -0.870. The molecule has 3 nitrogen and oxygen atoms in total. The van der Waals surface area contributed by atoms with Crippen LogP contribution in [-0.2, 0) is 0 Å². The molecule has 18 heavy (non-hydrogen) atoms. The molecule has 0 radical (unpaired) electrons. The summed E-state index contributed by atoms with van der Waals surface area (Å²) < 4.78 is 0. The van der Waals surface area contributed by atoms with Gasteiger partial charge in [-0.15, -0.1) is 0 Å². The fraction of sp³-hybridized carbons (Fsp3) is 0.462. The van der Waals surface area contributed by atoms with Gasteiger partial charge in [0.05, 0.1) is 12.1 Å². The molecule has 0 aromatic heterocycles. The number of aliphatic imine (C=N–C) groups is 1. The highest BCUT2D eigenvalue weighted by atomic mass is 35.5. The van der Waals surface area contributed by atoms with Gasteiger partial charge in [-0.1, -0.05) is 24.6 Å². The van der Waals surface area contributed by atoms with Crippen LogP contribution in [0, 0.1) is 5.92 Å². The minimum Gasteiger partial charge on any atom is -0.369 e. The summed E-state index contributed by atoms with van der Waals surface area (Å²) in [4.78, 5) is 6.66. The van der Waals surface area contributed by atoms with E-state index in [1.54, 1.807) is 0 Å². The number of guanidine groups is 1. The van der Waals surface area contributed by atoms with Gasteiger partial charge in [-0.3, -0.25) is 4.99 Å². The van der Waals surface area contributed by atoms with Gasteiger partial charge in [0.15, 0.2) is 5.96 Å². The molecule has 96 valence electrons. The second-order valence-electron chi connectivity index (χ2n) is 5.01. The van der Waals surface area contributed by atoms with Crippen molar-refractivity contribution in [3.05, 3.63) is 29.3 Å². The number of hydrogen-bond acceptors (Lipinski definition) is 4. The average molecular weight is 282 g/mol. The van der Waals surface area contributed by atoms with Gasteiger partial charge >= 0.3 is 0 Å². The normalized spacial score (nSPS) is 31.1. The van der Waals surface area contributed by atoms with E-state index in [1.807, 2.05) is 30.0 Å². The van der Waals surface area contributed by atoms with Gasteiger partial charge in [0.2, 0.25) is 0 Å². The van der Waals surface area contributed by atoms with Crippen LogP contribution >= 0.6 is 23.4 Å². The van der Waals surface area contributed by atoms with Crippen LogP contribution < -0.4 is 10.6 Å². The van der Waals surface area contributed by atoms with Crippen LogP contribution in [0.25, 0.3) is 0 Å². The first-order valence-corrected chi connectivity index (χ1v) is 7.60. The Labute approximate surface area is 116 Å². The van der Waals surface area contributed by atoms with Crippen molar-refractivity contribution in [1.82, 2.24) is 0 Å². The lowest BCUT2D eigenvalue weighted by molar-refractivity contribution is 0.396. The van der Waals surface area contributed by atoms with Gasteiger partial charge in [0, 0.05) is 16.5 Å². The van der Waals surface area contributed by atoms with Crippen molar-refractivity contribution >= 4 is 35.0 Å². The van der Waals surface area contributed by atoms with Crippen molar-refractivity contribution in [3.8, 4) is 0 Å². The van der Waals surface area contributed by atoms with Crippen LogP contribution in [0.5, 0.6) is 0 Å². The number of halogens is 1. The zero-order chi connectivity index (χ0) is 12.8. The van der Waals surface area contributed by atoms with Crippen LogP contribution in [0.15, 0.2) is 29.3 Å². The maximum absolute atomic E-state index is 6.10. The topological polar surface area (TPSA) is 41.6 Å². The molecule has 0 bridgehead atoms. The molecule has 1 aromatic rings. The van der Waals surface area contributed by atoms with Crippen LogP contribution in [-0.4, -0.2) is 29.5 Å². The van der Waals surface area contributed by atoms with Crippen LogP contribution in [0.2, 0.25) is 5.02 Å². The van der Waals surface area contributed by atoms with Gasteiger partial charge < -0.3 is 10.6 Å². The van der Waals surface area contributed by atoms with Crippen molar-refractivity contribution in [3.63, 3.8) is 0 Å². The van der Waals surface area contributed by atoms with Gasteiger partial charge in [-0.25, -0.2) is 0 Å². The molecule has 3 rings (SSSR count). The largest absolute Gasteiger partial charge is 0.369 e. The highest BCUT2D eigenvalue weighted by molar-refractivity contribution is 7.99. The number of nitrogens with two attached hydrogens (primary N) is 1. The van der Waals surface area contributed by atoms with Crippen molar-refractivity contribution in [2.24, 2.45) is 16.6 Å². The Balaban J connectivity index is 2.04. The van der Waals surface area contributed by atoms with Crippen molar-refractivity contribution in [2.45, 2.75) is 12.5 Å². The second-order valence-corrected chi connectivity index (χ2v) is 6.48. The molecule has 2 heterocycles. The molecule has 1 aromatic carbocycles. The molecular formula is C13H16ClN3S. The molecule has 2 N–H and O–H groups in total. The lowest BCUT2D eigenvalue weighted by Gasteiger charge is -2.39. The third kappa shape index (κ3) is 1.70. The van der Waals surface area contributed by atoms with E-state index < -0.39 is 0 Å². The van der Waals surface area contributed by atoms with E-state index in [1.165, 1.54) is 5.75 Å². The Kier molecular flexibility index (Phi) is 2.94. The summed E-state index contributed by atoms with van der Waals surface area (Å²) in [5, 5.41) is 0.737. The predicted molar refractivity (Wildman–Crippen MR) is 79.6 cm³/mol. The lowest BCUT2D eigenvalue weighted by Crippen LogP contribution is -2.55. The molecule has 1 fully saturated rings. The zero-order valence-corrected chi connectivity index (χ0v) is 11.8. The molecule has 0 amide bonds. The summed E-state index contributed by atoms with van der Waals surface area (Å²) in [7, 11) is 0. The molecule has 1 saturated heterocycles. The molecule has 2 aliphatic heterocycles. The maximum Gasteiger partial charge on any atom is 0.196 e. The van der Waals surface area contributed by atoms with Crippen molar-refractivity contribution in [1.29, 1.82) is 0 Å². The molecular weight excluding hydrogens is 266 g/mol. The Morgan fingerprint density at radius 3 is 3.06 bits per heavy atom. The third-order valence-electron chi connectivity index (χ3n) is 3.89. The SMILES string of the molecule is CC1CSCC12CN=C(N)N2c1cccc(Cl)c1. The minimum absolute atomic E-state index is 0.0411. The van der Waals surface area contributed by atoms with E-state index in [9.17, 15) is 0 Å². The maximum atomic E-state index is 6.10. The Morgan fingerprint density at radius 1 is 1.56 bits per heavy atom. The lowest BCUT2D eigenvalue weighted by atomic mass is 9.87. The first-order chi connectivity index (χ1) is 8.63. The quantitative estimate of drug-likeness (QED) is 0.860. The Bertz CT molecular complexity index is 505. The fourth-order valence-corrected chi connectivity index (χ4v) is 4.61. The second kappa shape index (κ2) is 4.35. The van der Waals surface area contributed by atoms with Crippen molar-refractivity contribution < 1.29 is 0 Å². The smallest absolute Gasteiger partial charge is 0.196 e. The summed E-state index contributed by atoms with van der Waals surface area (Å²) in [5.41, 5.74) is 7.19. The molecule has 0 saturated carbocycles.